The number of ether oxygens (including phenoxy) is 1. The van der Waals surface area contributed by atoms with Crippen LogP contribution in [0.3, 0.4) is 0 Å². The molecule has 0 spiro atoms. The Morgan fingerprint density at radius 3 is 2.69 bits per heavy atom. The Morgan fingerprint density at radius 2 is 1.85 bits per heavy atom. The smallest absolute Gasteiger partial charge is 0.213 e. The third kappa shape index (κ3) is 2.07. The molecule has 2 aromatic carbocycles. The Labute approximate surface area is 148 Å². The van der Waals surface area contributed by atoms with Gasteiger partial charge >= 0.3 is 0 Å². The van der Waals surface area contributed by atoms with E-state index in [0.717, 1.165) is 32.9 Å². The van der Waals surface area contributed by atoms with E-state index in [1.54, 1.807) is 19.4 Å². The van der Waals surface area contributed by atoms with Crippen molar-refractivity contribution in [3.8, 4) is 17.1 Å². The van der Waals surface area contributed by atoms with Crippen LogP contribution in [0.4, 0.5) is 4.39 Å². The van der Waals surface area contributed by atoms with Crippen molar-refractivity contribution in [2.45, 2.75) is 0 Å². The minimum Gasteiger partial charge on any atom is -0.481 e. The number of halogens is 1. The minimum atomic E-state index is -0.257. The fourth-order valence-electron chi connectivity index (χ4n) is 3.48. The fourth-order valence-corrected chi connectivity index (χ4v) is 3.48. The normalized spacial score (nSPS) is 11.5. The van der Waals surface area contributed by atoms with Gasteiger partial charge in [0.1, 0.15) is 5.82 Å². The third-order valence-corrected chi connectivity index (χ3v) is 4.65. The molecule has 0 saturated heterocycles. The molecule has 0 unspecified atom stereocenters. The molecule has 5 heteroatoms. The number of rotatable bonds is 2. The Bertz CT molecular complexity index is 1290. The van der Waals surface area contributed by atoms with Crippen LogP contribution in [0, 0.1) is 5.82 Å². The van der Waals surface area contributed by atoms with Crippen molar-refractivity contribution >= 4 is 32.7 Å². The van der Waals surface area contributed by atoms with Crippen molar-refractivity contribution in [3.63, 3.8) is 0 Å². The zero-order valence-corrected chi connectivity index (χ0v) is 14.0. The average molecular weight is 343 g/mol. The van der Waals surface area contributed by atoms with Gasteiger partial charge in [-0.15, -0.1) is 0 Å². The molecular weight excluding hydrogens is 329 g/mol. The molecule has 0 saturated carbocycles. The molecule has 0 aliphatic heterocycles. The van der Waals surface area contributed by atoms with Gasteiger partial charge in [-0.2, -0.15) is 0 Å². The summed E-state index contributed by atoms with van der Waals surface area (Å²) < 4.78 is 19.8. The van der Waals surface area contributed by atoms with E-state index in [-0.39, 0.29) is 5.82 Å². The Morgan fingerprint density at radius 1 is 1.00 bits per heavy atom. The monoisotopic (exact) mass is 343 g/mol. The van der Waals surface area contributed by atoms with Crippen LogP contribution in [-0.2, 0) is 0 Å². The van der Waals surface area contributed by atoms with Crippen LogP contribution >= 0.6 is 0 Å². The first-order chi connectivity index (χ1) is 12.8. The predicted molar refractivity (Wildman–Crippen MR) is 101 cm³/mol. The zero-order chi connectivity index (χ0) is 17.7. The minimum absolute atomic E-state index is 0.257. The number of aromatic amines is 1. The second-order valence-corrected chi connectivity index (χ2v) is 6.10. The Kier molecular flexibility index (Phi) is 3.15. The van der Waals surface area contributed by atoms with Gasteiger partial charge in [0.25, 0.3) is 0 Å². The van der Waals surface area contributed by atoms with Crippen LogP contribution in [0.2, 0.25) is 0 Å². The van der Waals surface area contributed by atoms with Gasteiger partial charge < -0.3 is 9.72 Å². The molecule has 0 radical (unpaired) electrons. The van der Waals surface area contributed by atoms with Crippen molar-refractivity contribution in [1.29, 1.82) is 0 Å². The van der Waals surface area contributed by atoms with Gasteiger partial charge in [-0.25, -0.2) is 9.37 Å². The number of methoxy groups -OCH3 is 1. The van der Waals surface area contributed by atoms with E-state index >= 15 is 0 Å². The molecule has 26 heavy (non-hydrogen) atoms. The first-order valence-corrected chi connectivity index (χ1v) is 8.25. The molecule has 4 nitrogen and oxygen atoms in total. The summed E-state index contributed by atoms with van der Waals surface area (Å²) >= 11 is 0. The average Bonchev–Trinajstić information content (AvgIpc) is 3.05. The number of H-pyrrole nitrogens is 1. The van der Waals surface area contributed by atoms with Gasteiger partial charge in [0.05, 0.1) is 29.4 Å². The predicted octanol–water partition coefficient (Wildman–Crippen LogP) is 5.08. The van der Waals surface area contributed by atoms with Crippen molar-refractivity contribution < 1.29 is 9.13 Å². The molecule has 3 aromatic heterocycles. The number of nitrogens with zero attached hydrogens (tertiary/aromatic N) is 2. The van der Waals surface area contributed by atoms with Gasteiger partial charge in [-0.3, -0.25) is 4.98 Å². The Balaban J connectivity index is 1.89. The molecule has 0 amide bonds. The summed E-state index contributed by atoms with van der Waals surface area (Å²) in [5, 5.41) is 2.34. The summed E-state index contributed by atoms with van der Waals surface area (Å²) in [4.78, 5) is 12.5. The summed E-state index contributed by atoms with van der Waals surface area (Å²) in [6.45, 7) is 0. The lowest BCUT2D eigenvalue weighted by Gasteiger charge is -2.08. The molecule has 126 valence electrons. The second-order valence-electron chi connectivity index (χ2n) is 6.10. The summed E-state index contributed by atoms with van der Waals surface area (Å²) in [5.74, 6) is 0.292. The first kappa shape index (κ1) is 14.8. The molecule has 0 aliphatic rings. The summed E-state index contributed by atoms with van der Waals surface area (Å²) in [6.07, 6.45) is 1.73. The highest BCUT2D eigenvalue weighted by atomic mass is 19.1. The molecule has 5 aromatic rings. The quantitative estimate of drug-likeness (QED) is 0.486. The van der Waals surface area contributed by atoms with E-state index in [1.165, 1.54) is 6.07 Å². The Hall–Kier alpha value is -3.47. The number of fused-ring (bicyclic) bond motifs is 4. The summed E-state index contributed by atoms with van der Waals surface area (Å²) in [5.41, 5.74) is 3.98. The van der Waals surface area contributed by atoms with Crippen molar-refractivity contribution in [2.75, 3.05) is 7.11 Å². The maximum absolute atomic E-state index is 14.6. The lowest BCUT2D eigenvalue weighted by Crippen LogP contribution is -1.89. The van der Waals surface area contributed by atoms with Crippen molar-refractivity contribution in [1.82, 2.24) is 15.0 Å². The van der Waals surface area contributed by atoms with Gasteiger partial charge in [0.2, 0.25) is 5.88 Å². The first-order valence-electron chi connectivity index (χ1n) is 8.25. The molecular formula is C21H14FN3O. The number of pyridine rings is 2. The van der Waals surface area contributed by atoms with E-state index in [1.807, 2.05) is 42.5 Å². The molecule has 3 heterocycles. The number of hydrogen-bond acceptors (Lipinski definition) is 3. The summed E-state index contributed by atoms with van der Waals surface area (Å²) in [6, 6.07) is 16.5. The second kappa shape index (κ2) is 5.52. The van der Waals surface area contributed by atoms with Crippen LogP contribution in [-0.4, -0.2) is 22.1 Å². The SMILES string of the molecule is COc1ccc2[nH]c3c(-c4cccc5cccc(F)c45)nccc3c2n1. The maximum Gasteiger partial charge on any atom is 0.213 e. The number of hydrogen-bond donors (Lipinski definition) is 1. The maximum atomic E-state index is 14.6. The van der Waals surface area contributed by atoms with Crippen LogP contribution in [0.15, 0.2) is 60.8 Å². The molecule has 0 aliphatic carbocycles. The molecule has 5 rings (SSSR count). The molecule has 1 N–H and O–H groups in total. The van der Waals surface area contributed by atoms with Crippen LogP contribution in [0.25, 0.3) is 44.0 Å². The van der Waals surface area contributed by atoms with E-state index in [9.17, 15) is 4.39 Å². The van der Waals surface area contributed by atoms with Gasteiger partial charge in [0.15, 0.2) is 0 Å². The number of nitrogens with one attached hydrogen (secondary N) is 1. The van der Waals surface area contributed by atoms with E-state index < -0.39 is 0 Å². The van der Waals surface area contributed by atoms with Crippen LogP contribution < -0.4 is 4.74 Å². The number of benzene rings is 2. The van der Waals surface area contributed by atoms with Gasteiger partial charge in [-0.05, 0) is 23.6 Å². The van der Waals surface area contributed by atoms with Crippen LogP contribution in [0.1, 0.15) is 0 Å². The standard InChI is InChI=1S/C21H14FN3O/c1-26-17-9-8-16-19(25-17)14-10-11-23-20(21(14)24-16)13-6-2-4-12-5-3-7-15(22)18(12)13/h2-11,24H,1H3. The largest absolute Gasteiger partial charge is 0.481 e. The lowest BCUT2D eigenvalue weighted by atomic mass is 10.00. The highest BCUT2D eigenvalue weighted by Crippen LogP contribution is 2.35. The van der Waals surface area contributed by atoms with E-state index in [2.05, 4.69) is 15.0 Å². The number of aromatic nitrogens is 3. The zero-order valence-electron chi connectivity index (χ0n) is 14.0. The lowest BCUT2D eigenvalue weighted by molar-refractivity contribution is 0.399. The molecule has 0 fully saturated rings. The van der Waals surface area contributed by atoms with Gasteiger partial charge in [0, 0.05) is 28.6 Å². The highest BCUT2D eigenvalue weighted by molar-refractivity contribution is 6.11. The fraction of sp³-hybridized carbons (Fsp3) is 0.0476. The topological polar surface area (TPSA) is 50.8 Å². The van der Waals surface area contributed by atoms with E-state index in [0.29, 0.717) is 17.0 Å². The van der Waals surface area contributed by atoms with Gasteiger partial charge in [-0.1, -0.05) is 30.3 Å². The molecule has 0 atom stereocenters. The molecule has 0 bridgehead atoms. The van der Waals surface area contributed by atoms with E-state index in [4.69, 9.17) is 4.74 Å². The van der Waals surface area contributed by atoms with Crippen molar-refractivity contribution in [3.05, 3.63) is 66.6 Å². The summed E-state index contributed by atoms with van der Waals surface area (Å²) in [7, 11) is 1.59. The van der Waals surface area contributed by atoms with Crippen LogP contribution in [0.5, 0.6) is 5.88 Å². The highest BCUT2D eigenvalue weighted by Gasteiger charge is 2.15. The van der Waals surface area contributed by atoms with Crippen molar-refractivity contribution in [2.24, 2.45) is 0 Å². The third-order valence-electron chi connectivity index (χ3n) is 4.65.